The Morgan fingerprint density at radius 2 is 1.93 bits per heavy atom. The molecule has 3 rings (SSSR count). The van der Waals surface area contributed by atoms with Crippen molar-refractivity contribution in [2.24, 2.45) is 11.8 Å². The molecule has 0 aromatic carbocycles. The molecule has 2 saturated heterocycles. The van der Waals surface area contributed by atoms with Gasteiger partial charge in [0.1, 0.15) is 0 Å². The lowest BCUT2D eigenvalue weighted by Crippen LogP contribution is -2.39. The number of hydrogen-bond acceptors (Lipinski definition) is 2. The molecule has 3 fully saturated rings. The molecule has 2 aliphatic heterocycles. The molecule has 1 saturated carbocycles. The van der Waals surface area contributed by atoms with E-state index in [1.165, 1.54) is 58.3 Å². The molecule has 1 aliphatic carbocycles. The van der Waals surface area contributed by atoms with Crippen LogP contribution in [0.4, 0.5) is 0 Å². The fourth-order valence-electron chi connectivity index (χ4n) is 3.75. The smallest absolute Gasteiger partial charge is 0.0226 e. The molecule has 0 bridgehead atoms. The van der Waals surface area contributed by atoms with Crippen LogP contribution in [0, 0.1) is 11.8 Å². The Kier molecular flexibility index (Phi) is 2.50. The first-order valence-corrected chi connectivity index (χ1v) is 6.39. The van der Waals surface area contributed by atoms with Gasteiger partial charge in [-0.2, -0.15) is 0 Å². The average molecular weight is 194 g/mol. The van der Waals surface area contributed by atoms with Crippen LogP contribution in [0.5, 0.6) is 0 Å². The fraction of sp³-hybridized carbons (Fsp3) is 1.00. The van der Waals surface area contributed by atoms with Gasteiger partial charge in [0, 0.05) is 12.6 Å². The molecule has 2 nitrogen and oxygen atoms in total. The van der Waals surface area contributed by atoms with Crippen LogP contribution < -0.4 is 5.32 Å². The van der Waals surface area contributed by atoms with Crippen LogP contribution in [0.2, 0.25) is 0 Å². The lowest BCUT2D eigenvalue weighted by atomic mass is 9.94. The molecular formula is C12H22N2. The van der Waals surface area contributed by atoms with Crippen LogP contribution in [0.15, 0.2) is 0 Å². The zero-order valence-electron chi connectivity index (χ0n) is 9.04. The summed E-state index contributed by atoms with van der Waals surface area (Å²) in [5.41, 5.74) is 0. The highest BCUT2D eigenvalue weighted by molar-refractivity contribution is 4.95. The predicted molar refractivity (Wildman–Crippen MR) is 58.3 cm³/mol. The van der Waals surface area contributed by atoms with Crippen molar-refractivity contribution in [1.82, 2.24) is 10.2 Å². The number of nitrogens with one attached hydrogen (secondary N) is 1. The zero-order chi connectivity index (χ0) is 9.38. The van der Waals surface area contributed by atoms with Gasteiger partial charge in [-0.3, -0.25) is 0 Å². The summed E-state index contributed by atoms with van der Waals surface area (Å²) in [4.78, 5) is 2.67. The van der Waals surface area contributed by atoms with Crippen molar-refractivity contribution in [1.29, 1.82) is 0 Å². The van der Waals surface area contributed by atoms with Gasteiger partial charge in [-0.1, -0.05) is 6.42 Å². The summed E-state index contributed by atoms with van der Waals surface area (Å²) in [6.45, 7) is 5.36. The Morgan fingerprint density at radius 3 is 2.79 bits per heavy atom. The Morgan fingerprint density at radius 1 is 1.07 bits per heavy atom. The topological polar surface area (TPSA) is 15.3 Å². The minimum atomic E-state index is 0.834. The molecule has 2 heteroatoms. The minimum absolute atomic E-state index is 0.834. The summed E-state index contributed by atoms with van der Waals surface area (Å²) in [5.74, 6) is 2.05. The first-order chi connectivity index (χ1) is 6.93. The van der Waals surface area contributed by atoms with Crippen LogP contribution in [0.3, 0.4) is 0 Å². The van der Waals surface area contributed by atoms with E-state index in [0.717, 1.165) is 17.9 Å². The van der Waals surface area contributed by atoms with E-state index in [0.29, 0.717) is 0 Å². The molecular weight excluding hydrogens is 172 g/mol. The van der Waals surface area contributed by atoms with Gasteiger partial charge in [-0.25, -0.2) is 0 Å². The van der Waals surface area contributed by atoms with E-state index in [1.807, 2.05) is 0 Å². The second-order valence-corrected chi connectivity index (χ2v) is 5.38. The molecule has 2 heterocycles. The SMILES string of the molecule is C1CC2CNC(CN3CCCC3)C2C1. The third kappa shape index (κ3) is 1.59. The second kappa shape index (κ2) is 3.82. The number of fused-ring (bicyclic) bond motifs is 1. The number of nitrogens with zero attached hydrogens (tertiary/aromatic N) is 1. The van der Waals surface area contributed by atoms with Crippen LogP contribution >= 0.6 is 0 Å². The number of rotatable bonds is 2. The molecule has 0 radical (unpaired) electrons. The van der Waals surface area contributed by atoms with Gasteiger partial charge in [-0.15, -0.1) is 0 Å². The van der Waals surface area contributed by atoms with Crippen molar-refractivity contribution in [2.75, 3.05) is 26.2 Å². The molecule has 1 N–H and O–H groups in total. The van der Waals surface area contributed by atoms with Gasteiger partial charge in [0.15, 0.2) is 0 Å². The molecule has 14 heavy (non-hydrogen) atoms. The Labute approximate surface area is 87.0 Å². The summed E-state index contributed by atoms with van der Waals surface area (Å²) in [7, 11) is 0. The molecule has 0 spiro atoms. The first-order valence-electron chi connectivity index (χ1n) is 6.39. The number of likely N-dealkylation sites (tertiary alicyclic amines) is 1. The van der Waals surface area contributed by atoms with Crippen LogP contribution in [0.25, 0.3) is 0 Å². The van der Waals surface area contributed by atoms with E-state index in [-0.39, 0.29) is 0 Å². The van der Waals surface area contributed by atoms with Crippen molar-refractivity contribution < 1.29 is 0 Å². The van der Waals surface area contributed by atoms with Crippen molar-refractivity contribution in [3.63, 3.8) is 0 Å². The average Bonchev–Trinajstić information content (AvgIpc) is 2.85. The summed E-state index contributed by atoms with van der Waals surface area (Å²) >= 11 is 0. The molecule has 3 unspecified atom stereocenters. The zero-order valence-corrected chi connectivity index (χ0v) is 9.04. The molecule has 0 aromatic rings. The molecule has 0 aromatic heterocycles. The quantitative estimate of drug-likeness (QED) is 0.716. The summed E-state index contributed by atoms with van der Waals surface area (Å²) < 4.78 is 0. The monoisotopic (exact) mass is 194 g/mol. The van der Waals surface area contributed by atoms with Gasteiger partial charge >= 0.3 is 0 Å². The first kappa shape index (κ1) is 9.17. The summed E-state index contributed by atoms with van der Waals surface area (Å²) in [6.07, 6.45) is 7.35. The van der Waals surface area contributed by atoms with E-state index in [9.17, 15) is 0 Å². The van der Waals surface area contributed by atoms with Gasteiger partial charge in [-0.05, 0) is 57.2 Å². The van der Waals surface area contributed by atoms with Crippen molar-refractivity contribution >= 4 is 0 Å². The van der Waals surface area contributed by atoms with E-state index in [1.54, 1.807) is 0 Å². The maximum atomic E-state index is 3.74. The molecule has 80 valence electrons. The van der Waals surface area contributed by atoms with Gasteiger partial charge in [0.25, 0.3) is 0 Å². The van der Waals surface area contributed by atoms with Gasteiger partial charge in [0.2, 0.25) is 0 Å². The lowest BCUT2D eigenvalue weighted by Gasteiger charge is -2.24. The minimum Gasteiger partial charge on any atom is -0.312 e. The van der Waals surface area contributed by atoms with Crippen molar-refractivity contribution in [3.8, 4) is 0 Å². The van der Waals surface area contributed by atoms with Gasteiger partial charge in [0.05, 0.1) is 0 Å². The standard InChI is InChI=1S/C12H22N2/c1-2-7-14(6-1)9-12-11-5-3-4-10(11)8-13-12/h10-13H,1-9H2. The van der Waals surface area contributed by atoms with Crippen molar-refractivity contribution in [3.05, 3.63) is 0 Å². The highest BCUT2D eigenvalue weighted by Crippen LogP contribution is 2.38. The van der Waals surface area contributed by atoms with E-state index < -0.39 is 0 Å². The van der Waals surface area contributed by atoms with Crippen LogP contribution in [-0.2, 0) is 0 Å². The van der Waals surface area contributed by atoms with Crippen molar-refractivity contribution in [2.45, 2.75) is 38.1 Å². The third-order valence-corrected chi connectivity index (χ3v) is 4.53. The molecule has 3 atom stereocenters. The lowest BCUT2D eigenvalue weighted by molar-refractivity contribution is 0.267. The fourth-order valence-corrected chi connectivity index (χ4v) is 3.75. The van der Waals surface area contributed by atoms with Crippen LogP contribution in [-0.4, -0.2) is 37.1 Å². The van der Waals surface area contributed by atoms with E-state index in [4.69, 9.17) is 0 Å². The van der Waals surface area contributed by atoms with E-state index >= 15 is 0 Å². The maximum Gasteiger partial charge on any atom is 0.0226 e. The Hall–Kier alpha value is -0.0800. The highest BCUT2D eigenvalue weighted by atomic mass is 15.2. The normalized spacial score (nSPS) is 43.3. The summed E-state index contributed by atoms with van der Waals surface area (Å²) in [5, 5.41) is 3.74. The maximum absolute atomic E-state index is 3.74. The molecule has 0 amide bonds. The molecule has 3 aliphatic rings. The summed E-state index contributed by atoms with van der Waals surface area (Å²) in [6, 6.07) is 0.834. The van der Waals surface area contributed by atoms with Gasteiger partial charge < -0.3 is 10.2 Å². The van der Waals surface area contributed by atoms with Crippen LogP contribution in [0.1, 0.15) is 32.1 Å². The largest absolute Gasteiger partial charge is 0.312 e. The Balaban J connectivity index is 1.57. The Bertz CT molecular complexity index is 198. The number of hydrogen-bond donors (Lipinski definition) is 1. The third-order valence-electron chi connectivity index (χ3n) is 4.53. The predicted octanol–water partition coefficient (Wildman–Crippen LogP) is 1.47. The highest BCUT2D eigenvalue weighted by Gasteiger charge is 2.39. The van der Waals surface area contributed by atoms with E-state index in [2.05, 4.69) is 10.2 Å². The second-order valence-electron chi connectivity index (χ2n) is 5.38.